The molecule has 1 heterocycles. The molecule has 0 aromatic rings. The van der Waals surface area contributed by atoms with Crippen LogP contribution < -0.4 is 5.32 Å². The van der Waals surface area contributed by atoms with Crippen molar-refractivity contribution in [3.8, 4) is 0 Å². The van der Waals surface area contributed by atoms with Gasteiger partial charge in [-0.1, -0.05) is 27.7 Å². The average Bonchev–Trinajstić information content (AvgIpc) is 2.71. The van der Waals surface area contributed by atoms with Crippen molar-refractivity contribution in [1.29, 1.82) is 0 Å². The fourth-order valence-corrected chi connectivity index (χ4v) is 2.61. The lowest BCUT2D eigenvalue weighted by Crippen LogP contribution is -2.31. The first-order chi connectivity index (χ1) is 8.09. The molecule has 0 spiro atoms. The molecule has 0 radical (unpaired) electrons. The number of nitrogens with zero attached hydrogens (tertiary/aromatic N) is 1. The normalized spacial score (nSPS) is 21.9. The van der Waals surface area contributed by atoms with Crippen LogP contribution in [0.5, 0.6) is 0 Å². The van der Waals surface area contributed by atoms with Crippen LogP contribution in [0.3, 0.4) is 0 Å². The van der Waals surface area contributed by atoms with Crippen LogP contribution in [0.25, 0.3) is 0 Å². The van der Waals surface area contributed by atoms with Crippen LogP contribution >= 0.6 is 0 Å². The summed E-state index contributed by atoms with van der Waals surface area (Å²) < 4.78 is 0. The molecular formula is C15H32N2. The maximum absolute atomic E-state index is 3.57. The van der Waals surface area contributed by atoms with Crippen molar-refractivity contribution in [2.75, 3.05) is 32.7 Å². The van der Waals surface area contributed by atoms with E-state index in [1.807, 2.05) is 0 Å². The average molecular weight is 240 g/mol. The number of rotatable bonds is 8. The molecule has 2 nitrogen and oxygen atoms in total. The molecule has 0 saturated carbocycles. The van der Waals surface area contributed by atoms with Crippen molar-refractivity contribution in [2.45, 2.75) is 47.0 Å². The fraction of sp³-hybridized carbons (Fsp3) is 1.00. The van der Waals surface area contributed by atoms with Gasteiger partial charge >= 0.3 is 0 Å². The molecule has 1 atom stereocenters. The van der Waals surface area contributed by atoms with Crippen LogP contribution in [-0.4, -0.2) is 37.6 Å². The van der Waals surface area contributed by atoms with Gasteiger partial charge < -0.3 is 10.2 Å². The molecule has 1 saturated heterocycles. The summed E-state index contributed by atoms with van der Waals surface area (Å²) in [5.41, 5.74) is 0. The Bertz CT molecular complexity index is 189. The summed E-state index contributed by atoms with van der Waals surface area (Å²) in [4.78, 5) is 2.63. The maximum Gasteiger partial charge on any atom is 0.0107 e. The molecule has 17 heavy (non-hydrogen) atoms. The lowest BCUT2D eigenvalue weighted by atomic mass is 9.95. The Morgan fingerprint density at radius 1 is 1.18 bits per heavy atom. The molecule has 0 amide bonds. The fourth-order valence-electron chi connectivity index (χ4n) is 2.61. The van der Waals surface area contributed by atoms with Gasteiger partial charge in [0.2, 0.25) is 0 Å². The third kappa shape index (κ3) is 6.42. The second kappa shape index (κ2) is 8.10. The monoisotopic (exact) mass is 240 g/mol. The Labute approximate surface area is 108 Å². The van der Waals surface area contributed by atoms with Gasteiger partial charge in [0.1, 0.15) is 0 Å². The minimum absolute atomic E-state index is 0.849. The highest BCUT2D eigenvalue weighted by molar-refractivity contribution is 4.77. The van der Waals surface area contributed by atoms with Gasteiger partial charge in [-0.2, -0.15) is 0 Å². The van der Waals surface area contributed by atoms with Gasteiger partial charge in [-0.3, -0.25) is 0 Å². The Morgan fingerprint density at radius 3 is 2.53 bits per heavy atom. The van der Waals surface area contributed by atoms with Gasteiger partial charge in [-0.25, -0.2) is 0 Å². The lowest BCUT2D eigenvalue weighted by Gasteiger charge is -2.18. The van der Waals surface area contributed by atoms with Crippen LogP contribution in [-0.2, 0) is 0 Å². The molecule has 1 aliphatic rings. The van der Waals surface area contributed by atoms with E-state index < -0.39 is 0 Å². The topological polar surface area (TPSA) is 15.3 Å². The van der Waals surface area contributed by atoms with E-state index in [2.05, 4.69) is 37.9 Å². The zero-order valence-electron chi connectivity index (χ0n) is 12.3. The molecule has 0 aliphatic carbocycles. The number of likely N-dealkylation sites (tertiary alicyclic amines) is 1. The Kier molecular flexibility index (Phi) is 7.14. The molecule has 1 unspecified atom stereocenters. The lowest BCUT2D eigenvalue weighted by molar-refractivity contribution is 0.301. The van der Waals surface area contributed by atoms with Crippen LogP contribution in [0.4, 0.5) is 0 Å². The zero-order valence-corrected chi connectivity index (χ0v) is 12.3. The Hall–Kier alpha value is -0.0800. The number of hydrogen-bond acceptors (Lipinski definition) is 2. The summed E-state index contributed by atoms with van der Waals surface area (Å²) in [5, 5.41) is 3.57. The van der Waals surface area contributed by atoms with Crippen molar-refractivity contribution in [1.82, 2.24) is 10.2 Å². The number of hydrogen-bond donors (Lipinski definition) is 1. The van der Waals surface area contributed by atoms with Gasteiger partial charge in [0.15, 0.2) is 0 Å². The Morgan fingerprint density at radius 2 is 1.94 bits per heavy atom. The number of nitrogens with one attached hydrogen (secondary N) is 1. The quantitative estimate of drug-likeness (QED) is 0.656. The predicted molar refractivity (Wildman–Crippen MR) is 76.3 cm³/mol. The first-order valence-electron chi connectivity index (χ1n) is 7.52. The first-order valence-corrected chi connectivity index (χ1v) is 7.52. The second-order valence-electron chi connectivity index (χ2n) is 6.38. The van der Waals surface area contributed by atoms with Crippen molar-refractivity contribution >= 4 is 0 Å². The van der Waals surface area contributed by atoms with Crippen molar-refractivity contribution in [3.05, 3.63) is 0 Å². The van der Waals surface area contributed by atoms with E-state index >= 15 is 0 Å². The van der Waals surface area contributed by atoms with Gasteiger partial charge in [0, 0.05) is 19.6 Å². The van der Waals surface area contributed by atoms with E-state index in [9.17, 15) is 0 Å². The molecule has 0 aromatic heterocycles. The first kappa shape index (κ1) is 15.0. The molecule has 0 aromatic carbocycles. The van der Waals surface area contributed by atoms with E-state index in [1.165, 1.54) is 52.0 Å². The maximum atomic E-state index is 3.57. The van der Waals surface area contributed by atoms with E-state index in [0.29, 0.717) is 0 Å². The van der Waals surface area contributed by atoms with Crippen LogP contribution in [0.2, 0.25) is 0 Å². The van der Waals surface area contributed by atoms with Gasteiger partial charge in [-0.05, 0) is 50.1 Å². The highest BCUT2D eigenvalue weighted by atomic mass is 15.2. The van der Waals surface area contributed by atoms with Gasteiger partial charge in [0.25, 0.3) is 0 Å². The van der Waals surface area contributed by atoms with Crippen molar-refractivity contribution in [3.63, 3.8) is 0 Å². The highest BCUT2D eigenvalue weighted by Gasteiger charge is 2.23. The summed E-state index contributed by atoms with van der Waals surface area (Å²) >= 11 is 0. The highest BCUT2D eigenvalue weighted by Crippen LogP contribution is 2.22. The smallest absolute Gasteiger partial charge is 0.0107 e. The second-order valence-corrected chi connectivity index (χ2v) is 6.38. The predicted octanol–water partition coefficient (Wildman–Crippen LogP) is 2.99. The summed E-state index contributed by atoms with van der Waals surface area (Å²) in [6, 6.07) is 0. The van der Waals surface area contributed by atoms with Gasteiger partial charge in [-0.15, -0.1) is 0 Å². The SMILES string of the molecule is CC(C)CCCNCCN1CCC(C(C)C)C1. The molecule has 0 bridgehead atoms. The van der Waals surface area contributed by atoms with E-state index in [1.54, 1.807) is 0 Å². The van der Waals surface area contributed by atoms with Crippen LogP contribution in [0.15, 0.2) is 0 Å². The van der Waals surface area contributed by atoms with E-state index in [4.69, 9.17) is 0 Å². The molecule has 102 valence electrons. The minimum atomic E-state index is 0.849. The summed E-state index contributed by atoms with van der Waals surface area (Å²) in [5.74, 6) is 2.65. The molecule has 1 fully saturated rings. The largest absolute Gasteiger partial charge is 0.315 e. The molecule has 1 N–H and O–H groups in total. The Balaban J connectivity index is 1.94. The van der Waals surface area contributed by atoms with Crippen LogP contribution in [0.1, 0.15) is 47.0 Å². The third-order valence-electron chi connectivity index (χ3n) is 3.99. The molecule has 1 aliphatic heterocycles. The summed E-state index contributed by atoms with van der Waals surface area (Å²) in [7, 11) is 0. The summed E-state index contributed by atoms with van der Waals surface area (Å²) in [6.45, 7) is 15.6. The van der Waals surface area contributed by atoms with Crippen LogP contribution in [0, 0.1) is 17.8 Å². The third-order valence-corrected chi connectivity index (χ3v) is 3.99. The molecular weight excluding hydrogens is 208 g/mol. The van der Waals surface area contributed by atoms with E-state index in [0.717, 1.165) is 17.8 Å². The van der Waals surface area contributed by atoms with E-state index in [-0.39, 0.29) is 0 Å². The standard InChI is InChI=1S/C15H32N2/c1-13(2)6-5-8-16-9-11-17-10-7-15(12-17)14(3)4/h13-16H,5-12H2,1-4H3. The van der Waals surface area contributed by atoms with Crippen molar-refractivity contribution in [2.24, 2.45) is 17.8 Å². The van der Waals surface area contributed by atoms with Crippen molar-refractivity contribution < 1.29 is 0 Å². The van der Waals surface area contributed by atoms with Gasteiger partial charge in [0.05, 0.1) is 0 Å². The summed E-state index contributed by atoms with van der Waals surface area (Å²) in [6.07, 6.45) is 4.09. The zero-order chi connectivity index (χ0) is 12.7. The minimum Gasteiger partial charge on any atom is -0.315 e. The molecule has 1 rings (SSSR count). The molecule has 2 heteroatoms.